The smallest absolute Gasteiger partial charge is 0.289 e. The Morgan fingerprint density at radius 3 is 2.78 bits per heavy atom. The number of nitrogen functional groups attached to an aromatic ring is 1. The summed E-state index contributed by atoms with van der Waals surface area (Å²) >= 11 is 0. The minimum atomic E-state index is -0.309. The third kappa shape index (κ3) is 2.20. The molecule has 2 rings (SSSR count). The zero-order valence-electron chi connectivity index (χ0n) is 10.5. The summed E-state index contributed by atoms with van der Waals surface area (Å²) in [5, 5.41) is 6.71. The maximum Gasteiger partial charge on any atom is 0.289 e. The molecule has 7 heteroatoms. The number of hydrogen-bond acceptors (Lipinski definition) is 5. The van der Waals surface area contributed by atoms with Crippen LogP contribution in [0.2, 0.25) is 0 Å². The fraction of sp³-hybridized carbons (Fsp3) is 0.364. The van der Waals surface area contributed by atoms with Gasteiger partial charge in [-0.05, 0) is 6.92 Å². The topological polar surface area (TPSA) is 99.0 Å². The summed E-state index contributed by atoms with van der Waals surface area (Å²) in [7, 11) is 1.74. The number of anilines is 1. The molecule has 3 N–H and O–H groups in total. The number of aryl methyl sites for hydroxylation is 3. The van der Waals surface area contributed by atoms with Gasteiger partial charge in [0, 0.05) is 26.1 Å². The van der Waals surface area contributed by atoms with Gasteiger partial charge in [0.2, 0.25) is 5.76 Å². The molecule has 1 amide bonds. The first-order chi connectivity index (χ1) is 8.49. The van der Waals surface area contributed by atoms with Crippen molar-refractivity contribution in [3.05, 3.63) is 29.1 Å². The quantitative estimate of drug-likeness (QED) is 0.827. The van der Waals surface area contributed by atoms with E-state index in [0.717, 1.165) is 5.56 Å². The molecule has 18 heavy (non-hydrogen) atoms. The van der Waals surface area contributed by atoms with Crippen LogP contribution in [0.15, 0.2) is 10.6 Å². The number of nitrogens with zero attached hydrogens (tertiary/aromatic N) is 3. The van der Waals surface area contributed by atoms with Gasteiger partial charge < -0.3 is 15.5 Å². The normalized spacial score (nSPS) is 10.6. The number of oxazole rings is 1. The second-order valence-corrected chi connectivity index (χ2v) is 4.01. The summed E-state index contributed by atoms with van der Waals surface area (Å²) in [6.07, 6.45) is 1.62. The standard InChI is InChI=1S/C11H15N5O2/c1-6-9(18-7(2)15-6)11(17)13-4-8-5-14-16(3)10(8)12/h5H,4,12H2,1-3H3,(H,13,17). The van der Waals surface area contributed by atoms with Crippen molar-refractivity contribution in [2.45, 2.75) is 20.4 Å². The molecule has 2 heterocycles. The number of rotatable bonds is 3. The summed E-state index contributed by atoms with van der Waals surface area (Å²) in [5.41, 5.74) is 7.11. The van der Waals surface area contributed by atoms with Crippen LogP contribution in [0, 0.1) is 13.8 Å². The number of nitrogens with two attached hydrogens (primary N) is 1. The van der Waals surface area contributed by atoms with Crippen LogP contribution < -0.4 is 11.1 Å². The van der Waals surface area contributed by atoms with E-state index in [1.54, 1.807) is 31.8 Å². The van der Waals surface area contributed by atoms with E-state index in [-0.39, 0.29) is 11.7 Å². The van der Waals surface area contributed by atoms with Crippen molar-refractivity contribution in [2.75, 3.05) is 5.73 Å². The summed E-state index contributed by atoms with van der Waals surface area (Å²) in [4.78, 5) is 15.9. The molecule has 2 aromatic rings. The van der Waals surface area contributed by atoms with Crippen LogP contribution in [-0.4, -0.2) is 20.7 Å². The lowest BCUT2D eigenvalue weighted by atomic mass is 10.3. The average Bonchev–Trinajstić information content (AvgIpc) is 2.81. The first-order valence-electron chi connectivity index (χ1n) is 5.47. The van der Waals surface area contributed by atoms with E-state index in [9.17, 15) is 4.79 Å². The van der Waals surface area contributed by atoms with Gasteiger partial charge in [0.15, 0.2) is 5.89 Å². The minimum absolute atomic E-state index is 0.231. The van der Waals surface area contributed by atoms with E-state index in [4.69, 9.17) is 10.2 Å². The third-order valence-corrected chi connectivity index (χ3v) is 2.61. The van der Waals surface area contributed by atoms with E-state index in [2.05, 4.69) is 15.4 Å². The predicted octanol–water partition coefficient (Wildman–Crippen LogP) is 0.537. The van der Waals surface area contributed by atoms with E-state index in [1.165, 1.54) is 0 Å². The van der Waals surface area contributed by atoms with Crippen molar-refractivity contribution < 1.29 is 9.21 Å². The van der Waals surface area contributed by atoms with Crippen molar-refractivity contribution in [3.63, 3.8) is 0 Å². The Hall–Kier alpha value is -2.31. The summed E-state index contributed by atoms with van der Waals surface area (Å²) in [6, 6.07) is 0. The van der Waals surface area contributed by atoms with Gasteiger partial charge in [-0.15, -0.1) is 0 Å². The highest BCUT2D eigenvalue weighted by atomic mass is 16.4. The monoisotopic (exact) mass is 249 g/mol. The van der Waals surface area contributed by atoms with Crippen LogP contribution in [0.1, 0.15) is 27.7 Å². The highest BCUT2D eigenvalue weighted by Gasteiger charge is 2.16. The van der Waals surface area contributed by atoms with Crippen LogP contribution in [0.3, 0.4) is 0 Å². The first-order valence-corrected chi connectivity index (χ1v) is 5.47. The van der Waals surface area contributed by atoms with Crippen LogP contribution in [-0.2, 0) is 13.6 Å². The molecule has 0 atom stereocenters. The highest BCUT2D eigenvalue weighted by molar-refractivity contribution is 5.92. The molecule has 2 aromatic heterocycles. The van der Waals surface area contributed by atoms with Crippen molar-refractivity contribution >= 4 is 11.7 Å². The zero-order valence-corrected chi connectivity index (χ0v) is 10.5. The SMILES string of the molecule is Cc1nc(C)c(C(=O)NCc2cnn(C)c2N)o1. The number of aromatic nitrogens is 3. The lowest BCUT2D eigenvalue weighted by Crippen LogP contribution is -2.23. The minimum Gasteiger partial charge on any atom is -0.436 e. The Bertz CT molecular complexity index is 584. The molecule has 7 nitrogen and oxygen atoms in total. The molecule has 0 aliphatic carbocycles. The molecule has 0 saturated heterocycles. The second-order valence-electron chi connectivity index (χ2n) is 4.01. The number of carbonyl (C=O) groups excluding carboxylic acids is 1. The number of nitrogens with one attached hydrogen (secondary N) is 1. The first kappa shape index (κ1) is 12.2. The Morgan fingerprint density at radius 1 is 1.56 bits per heavy atom. The van der Waals surface area contributed by atoms with Crippen LogP contribution >= 0.6 is 0 Å². The zero-order chi connectivity index (χ0) is 13.3. The molecule has 0 aliphatic rings. The van der Waals surface area contributed by atoms with Crippen molar-refractivity contribution in [3.8, 4) is 0 Å². The van der Waals surface area contributed by atoms with Crippen molar-refractivity contribution in [2.24, 2.45) is 7.05 Å². The van der Waals surface area contributed by atoms with Crippen LogP contribution in [0.5, 0.6) is 0 Å². The Labute approximate surface area is 104 Å². The second kappa shape index (κ2) is 4.52. The van der Waals surface area contributed by atoms with Gasteiger partial charge in [0.05, 0.1) is 11.9 Å². The van der Waals surface area contributed by atoms with Gasteiger partial charge in [0.25, 0.3) is 5.91 Å². The number of hydrogen-bond donors (Lipinski definition) is 2. The maximum atomic E-state index is 11.9. The van der Waals surface area contributed by atoms with Crippen LogP contribution in [0.4, 0.5) is 5.82 Å². The van der Waals surface area contributed by atoms with E-state index < -0.39 is 0 Å². The van der Waals surface area contributed by atoms with E-state index in [0.29, 0.717) is 23.9 Å². The van der Waals surface area contributed by atoms with Gasteiger partial charge in [-0.3, -0.25) is 9.48 Å². The van der Waals surface area contributed by atoms with Crippen LogP contribution in [0.25, 0.3) is 0 Å². The van der Waals surface area contributed by atoms with Gasteiger partial charge >= 0.3 is 0 Å². The van der Waals surface area contributed by atoms with E-state index in [1.807, 2.05) is 0 Å². The molecule has 0 aliphatic heterocycles. The molecule has 0 bridgehead atoms. The van der Waals surface area contributed by atoms with Crippen molar-refractivity contribution in [1.29, 1.82) is 0 Å². The Kier molecular flexibility index (Phi) is 3.05. The molecular weight excluding hydrogens is 234 g/mol. The summed E-state index contributed by atoms with van der Waals surface area (Å²) < 4.78 is 6.77. The van der Waals surface area contributed by atoms with E-state index >= 15 is 0 Å². The van der Waals surface area contributed by atoms with Gasteiger partial charge in [-0.1, -0.05) is 0 Å². The van der Waals surface area contributed by atoms with Gasteiger partial charge in [-0.2, -0.15) is 5.10 Å². The molecule has 0 unspecified atom stereocenters. The average molecular weight is 249 g/mol. The molecule has 0 aromatic carbocycles. The molecule has 96 valence electrons. The maximum absolute atomic E-state index is 11.9. The Balaban J connectivity index is 2.05. The molecule has 0 saturated carbocycles. The Morgan fingerprint density at radius 2 is 2.28 bits per heavy atom. The number of amides is 1. The third-order valence-electron chi connectivity index (χ3n) is 2.61. The molecular formula is C11H15N5O2. The lowest BCUT2D eigenvalue weighted by molar-refractivity contribution is 0.0921. The highest BCUT2D eigenvalue weighted by Crippen LogP contribution is 2.11. The molecule has 0 spiro atoms. The van der Waals surface area contributed by atoms with Gasteiger partial charge in [-0.25, -0.2) is 4.98 Å². The molecule has 0 fully saturated rings. The largest absolute Gasteiger partial charge is 0.436 e. The lowest BCUT2D eigenvalue weighted by Gasteiger charge is -2.03. The fourth-order valence-electron chi connectivity index (χ4n) is 1.63. The summed E-state index contributed by atoms with van der Waals surface area (Å²) in [6.45, 7) is 3.73. The van der Waals surface area contributed by atoms with Gasteiger partial charge in [0.1, 0.15) is 5.82 Å². The van der Waals surface area contributed by atoms with Crippen molar-refractivity contribution in [1.82, 2.24) is 20.1 Å². The number of carbonyl (C=O) groups is 1. The fourth-order valence-corrected chi connectivity index (χ4v) is 1.63. The summed E-state index contributed by atoms with van der Waals surface area (Å²) in [5.74, 6) is 0.922. The molecule has 0 radical (unpaired) electrons. The predicted molar refractivity (Wildman–Crippen MR) is 64.8 cm³/mol.